The zero-order valence-electron chi connectivity index (χ0n) is 13.1. The average Bonchev–Trinajstić information content (AvgIpc) is 2.82. The van der Waals surface area contributed by atoms with E-state index in [1.165, 1.54) is 0 Å². The highest BCUT2D eigenvalue weighted by molar-refractivity contribution is 5.83. The predicted octanol–water partition coefficient (Wildman–Crippen LogP) is 2.31. The fourth-order valence-electron chi connectivity index (χ4n) is 3.02. The van der Waals surface area contributed by atoms with Crippen LogP contribution < -0.4 is 0 Å². The van der Waals surface area contributed by atoms with E-state index in [0.29, 0.717) is 25.7 Å². The van der Waals surface area contributed by atoms with Crippen LogP contribution in [0.15, 0.2) is 12.2 Å². The van der Waals surface area contributed by atoms with E-state index in [1.807, 2.05) is 6.08 Å². The highest BCUT2D eigenvalue weighted by Crippen LogP contribution is 2.33. The van der Waals surface area contributed by atoms with Gasteiger partial charge in [0.05, 0.1) is 6.10 Å². The number of aliphatic hydroxyl groups is 2. The molecule has 1 aliphatic carbocycles. The second kappa shape index (κ2) is 10.5. The van der Waals surface area contributed by atoms with Crippen molar-refractivity contribution in [1.29, 1.82) is 0 Å². The van der Waals surface area contributed by atoms with Crippen molar-refractivity contribution >= 4 is 11.8 Å². The molecule has 5 heteroatoms. The van der Waals surface area contributed by atoms with Crippen molar-refractivity contribution in [2.75, 3.05) is 6.61 Å². The van der Waals surface area contributed by atoms with E-state index in [4.69, 9.17) is 10.2 Å². The lowest BCUT2D eigenvalue weighted by atomic mass is 9.89. The predicted molar refractivity (Wildman–Crippen MR) is 83.4 cm³/mol. The van der Waals surface area contributed by atoms with Gasteiger partial charge in [-0.2, -0.15) is 0 Å². The molecule has 0 saturated heterocycles. The first-order valence-corrected chi connectivity index (χ1v) is 8.26. The molecule has 1 aliphatic rings. The number of carboxylic acid groups (broad SMARTS) is 1. The number of aliphatic hydroxyl groups excluding tert-OH is 2. The fourth-order valence-corrected chi connectivity index (χ4v) is 3.02. The summed E-state index contributed by atoms with van der Waals surface area (Å²) in [5.41, 5.74) is 0. The maximum Gasteiger partial charge on any atom is 0.303 e. The lowest BCUT2D eigenvalue weighted by Gasteiger charge is -2.15. The van der Waals surface area contributed by atoms with Gasteiger partial charge in [0.2, 0.25) is 0 Å². The van der Waals surface area contributed by atoms with Gasteiger partial charge in [-0.1, -0.05) is 25.0 Å². The van der Waals surface area contributed by atoms with E-state index < -0.39 is 12.1 Å². The molecule has 22 heavy (non-hydrogen) atoms. The maximum absolute atomic E-state index is 11.9. The highest BCUT2D eigenvalue weighted by atomic mass is 16.4. The summed E-state index contributed by atoms with van der Waals surface area (Å²) < 4.78 is 0. The number of carboxylic acids is 1. The molecule has 0 spiro atoms. The van der Waals surface area contributed by atoms with Crippen LogP contribution in [-0.2, 0) is 9.59 Å². The van der Waals surface area contributed by atoms with E-state index in [9.17, 15) is 14.7 Å². The number of aliphatic carboxylic acids is 1. The number of hydrogen-bond donors (Lipinski definition) is 3. The van der Waals surface area contributed by atoms with E-state index in [-0.39, 0.29) is 30.6 Å². The van der Waals surface area contributed by atoms with Crippen molar-refractivity contribution in [1.82, 2.24) is 0 Å². The number of carbonyl (C=O) groups is 2. The summed E-state index contributed by atoms with van der Waals surface area (Å²) in [6.07, 6.45) is 9.01. The molecule has 5 nitrogen and oxygen atoms in total. The quantitative estimate of drug-likeness (QED) is 0.402. The summed E-state index contributed by atoms with van der Waals surface area (Å²) >= 11 is 0. The third-order valence-corrected chi connectivity index (χ3v) is 4.30. The molecule has 1 rings (SSSR count). The summed E-state index contributed by atoms with van der Waals surface area (Å²) in [6, 6.07) is 0. The summed E-state index contributed by atoms with van der Waals surface area (Å²) in [5, 5.41) is 27.3. The van der Waals surface area contributed by atoms with Gasteiger partial charge in [0.25, 0.3) is 0 Å². The topological polar surface area (TPSA) is 94.8 Å². The summed E-state index contributed by atoms with van der Waals surface area (Å²) in [7, 11) is 0. The third-order valence-electron chi connectivity index (χ3n) is 4.30. The van der Waals surface area contributed by atoms with Crippen molar-refractivity contribution in [3.63, 3.8) is 0 Å². The van der Waals surface area contributed by atoms with Crippen molar-refractivity contribution < 1.29 is 24.9 Å². The molecule has 1 fully saturated rings. The molecule has 3 unspecified atom stereocenters. The Hall–Kier alpha value is -1.20. The second-order valence-electron chi connectivity index (χ2n) is 6.09. The minimum absolute atomic E-state index is 0.0859. The standard InChI is InChI=1S/C17H28O5/c18-12-3-1-2-5-14(19)10-8-13-9-11-16(20)15(13)6-4-7-17(21)22/h8,10,13-15,18-19H,1-7,9,11-12H2,(H,21,22). The Morgan fingerprint density at radius 3 is 2.73 bits per heavy atom. The SMILES string of the molecule is O=C(O)CCCC1C(=O)CCC1C=CC(O)CCCCCO. The van der Waals surface area contributed by atoms with Crippen molar-refractivity contribution in [3.05, 3.63) is 12.2 Å². The molecule has 0 aromatic rings. The monoisotopic (exact) mass is 312 g/mol. The molecule has 126 valence electrons. The molecule has 0 heterocycles. The van der Waals surface area contributed by atoms with Gasteiger partial charge < -0.3 is 15.3 Å². The first-order valence-electron chi connectivity index (χ1n) is 8.26. The number of unbranched alkanes of at least 4 members (excludes halogenated alkanes) is 2. The zero-order valence-corrected chi connectivity index (χ0v) is 13.1. The molecule has 3 atom stereocenters. The Labute approximate surface area is 132 Å². The molecule has 0 aliphatic heterocycles. The first kappa shape index (κ1) is 18.8. The molecule has 0 aromatic carbocycles. The summed E-state index contributed by atoms with van der Waals surface area (Å²) in [5.74, 6) is -0.557. The number of ketones is 1. The van der Waals surface area contributed by atoms with Crippen molar-refractivity contribution in [2.45, 2.75) is 63.9 Å². The summed E-state index contributed by atoms with van der Waals surface area (Å²) in [4.78, 5) is 22.4. The van der Waals surface area contributed by atoms with Gasteiger partial charge in [-0.25, -0.2) is 0 Å². The minimum Gasteiger partial charge on any atom is -0.481 e. The van der Waals surface area contributed by atoms with Gasteiger partial charge in [0.15, 0.2) is 0 Å². The van der Waals surface area contributed by atoms with E-state index in [0.717, 1.165) is 25.7 Å². The molecular weight excluding hydrogens is 284 g/mol. The molecule has 0 amide bonds. The lowest BCUT2D eigenvalue weighted by molar-refractivity contribution is -0.137. The molecule has 0 aromatic heterocycles. The zero-order chi connectivity index (χ0) is 16.4. The third kappa shape index (κ3) is 7.18. The lowest BCUT2D eigenvalue weighted by Crippen LogP contribution is -2.14. The van der Waals surface area contributed by atoms with Crippen molar-refractivity contribution in [3.8, 4) is 0 Å². The normalized spacial score (nSPS) is 23.3. The second-order valence-corrected chi connectivity index (χ2v) is 6.09. The Balaban J connectivity index is 2.36. The summed E-state index contributed by atoms with van der Waals surface area (Å²) in [6.45, 7) is 0.189. The van der Waals surface area contributed by atoms with Crippen LogP contribution in [0.1, 0.15) is 57.8 Å². The molecular formula is C17H28O5. The minimum atomic E-state index is -0.823. The number of carbonyl (C=O) groups excluding carboxylic acids is 1. The van der Waals surface area contributed by atoms with Gasteiger partial charge >= 0.3 is 5.97 Å². The first-order chi connectivity index (χ1) is 10.5. The van der Waals surface area contributed by atoms with Crippen LogP contribution in [-0.4, -0.2) is 39.8 Å². The Bertz CT molecular complexity index is 377. The number of allylic oxidation sites excluding steroid dienone is 1. The van der Waals surface area contributed by atoms with Crippen LogP contribution >= 0.6 is 0 Å². The number of Topliss-reactive ketones (excluding diaryl/α,β-unsaturated/α-hetero) is 1. The van der Waals surface area contributed by atoms with E-state index in [1.54, 1.807) is 6.08 Å². The molecule has 1 saturated carbocycles. The van der Waals surface area contributed by atoms with Crippen LogP contribution in [0.3, 0.4) is 0 Å². The Morgan fingerprint density at radius 1 is 1.27 bits per heavy atom. The van der Waals surface area contributed by atoms with Crippen LogP contribution in [0.25, 0.3) is 0 Å². The van der Waals surface area contributed by atoms with Gasteiger partial charge in [-0.3, -0.25) is 9.59 Å². The van der Waals surface area contributed by atoms with Gasteiger partial charge in [0.1, 0.15) is 5.78 Å². The van der Waals surface area contributed by atoms with Crippen LogP contribution in [0.2, 0.25) is 0 Å². The Morgan fingerprint density at radius 2 is 2.05 bits per heavy atom. The highest BCUT2D eigenvalue weighted by Gasteiger charge is 2.32. The van der Waals surface area contributed by atoms with Crippen molar-refractivity contribution in [2.24, 2.45) is 11.8 Å². The van der Waals surface area contributed by atoms with Gasteiger partial charge in [0, 0.05) is 25.4 Å². The Kier molecular flexibility index (Phi) is 9.01. The van der Waals surface area contributed by atoms with Crippen LogP contribution in [0.4, 0.5) is 0 Å². The van der Waals surface area contributed by atoms with E-state index in [2.05, 4.69) is 0 Å². The molecule has 3 N–H and O–H groups in total. The van der Waals surface area contributed by atoms with E-state index >= 15 is 0 Å². The number of rotatable bonds is 11. The average molecular weight is 312 g/mol. The smallest absolute Gasteiger partial charge is 0.303 e. The largest absolute Gasteiger partial charge is 0.481 e. The maximum atomic E-state index is 11.9. The van der Waals surface area contributed by atoms with Crippen LogP contribution in [0.5, 0.6) is 0 Å². The van der Waals surface area contributed by atoms with Crippen LogP contribution in [0, 0.1) is 11.8 Å². The van der Waals surface area contributed by atoms with Gasteiger partial charge in [-0.15, -0.1) is 0 Å². The molecule has 0 bridgehead atoms. The van der Waals surface area contributed by atoms with Gasteiger partial charge in [-0.05, 0) is 38.0 Å². The molecule has 0 radical (unpaired) electrons. The number of hydrogen-bond acceptors (Lipinski definition) is 4. The fraction of sp³-hybridized carbons (Fsp3) is 0.765.